The van der Waals surface area contributed by atoms with Crippen LogP contribution >= 0.6 is 0 Å². The number of fused-ring (bicyclic) bond motifs is 12. The Labute approximate surface area is 85.2 Å². The van der Waals surface area contributed by atoms with Gasteiger partial charge in [0, 0.05) is 0 Å². The zero-order valence-corrected chi connectivity index (χ0v) is 8.73. The first-order chi connectivity index (χ1) is 6.84. The molecule has 0 spiro atoms. The van der Waals surface area contributed by atoms with Crippen molar-refractivity contribution in [2.45, 2.75) is 38.4 Å². The standard InChI is InChI=1S/C13H18O/c1-5-2-6-3-7(5)11-9-4-8(10(6)11)12-13(9)14-12/h5-13H,2-4H2,1H3. The summed E-state index contributed by atoms with van der Waals surface area (Å²) in [4.78, 5) is 0. The molecule has 4 aliphatic carbocycles. The van der Waals surface area contributed by atoms with Gasteiger partial charge in [0.15, 0.2) is 0 Å². The predicted octanol–water partition coefficient (Wildman–Crippen LogP) is 2.31. The average molecular weight is 190 g/mol. The first kappa shape index (κ1) is 7.27. The smallest absolute Gasteiger partial charge is 0.0875 e. The molecule has 5 aliphatic rings. The Hall–Kier alpha value is -0.0400. The molecule has 5 rings (SSSR count). The topological polar surface area (TPSA) is 12.5 Å². The SMILES string of the molecule is CC1CC2CC1C1C3CC(C4OC34)C21. The second-order valence-electron chi connectivity index (χ2n) is 6.66. The highest BCUT2D eigenvalue weighted by Crippen LogP contribution is 2.72. The van der Waals surface area contributed by atoms with E-state index in [0.717, 1.165) is 53.6 Å². The van der Waals surface area contributed by atoms with Crippen molar-refractivity contribution >= 4 is 0 Å². The van der Waals surface area contributed by atoms with Crippen LogP contribution in [0.25, 0.3) is 0 Å². The molecule has 4 saturated carbocycles. The Morgan fingerprint density at radius 2 is 1.64 bits per heavy atom. The molecule has 5 fully saturated rings. The van der Waals surface area contributed by atoms with E-state index in [9.17, 15) is 0 Å². The van der Waals surface area contributed by atoms with Crippen molar-refractivity contribution in [2.75, 3.05) is 0 Å². The van der Waals surface area contributed by atoms with Crippen LogP contribution in [0.1, 0.15) is 26.2 Å². The van der Waals surface area contributed by atoms with Crippen molar-refractivity contribution in [3.05, 3.63) is 0 Å². The second-order valence-corrected chi connectivity index (χ2v) is 6.66. The van der Waals surface area contributed by atoms with E-state index in [4.69, 9.17) is 4.74 Å². The van der Waals surface area contributed by atoms with E-state index in [1.54, 1.807) is 19.3 Å². The van der Waals surface area contributed by atoms with Crippen LogP contribution in [0, 0.1) is 41.4 Å². The van der Waals surface area contributed by atoms with Crippen molar-refractivity contribution < 1.29 is 4.74 Å². The third kappa shape index (κ3) is 0.576. The normalized spacial score (nSPS) is 76.5. The van der Waals surface area contributed by atoms with Gasteiger partial charge >= 0.3 is 0 Å². The summed E-state index contributed by atoms with van der Waals surface area (Å²) in [6.45, 7) is 2.50. The van der Waals surface area contributed by atoms with Gasteiger partial charge in [-0.15, -0.1) is 0 Å². The Morgan fingerprint density at radius 3 is 2.50 bits per heavy atom. The Bertz CT molecular complexity index is 304. The summed E-state index contributed by atoms with van der Waals surface area (Å²) in [5.74, 6) is 7.50. The third-order valence-corrected chi connectivity index (χ3v) is 6.40. The number of rotatable bonds is 0. The molecular weight excluding hydrogens is 172 g/mol. The fraction of sp³-hybridized carbons (Fsp3) is 1.00. The van der Waals surface area contributed by atoms with Crippen LogP contribution in [0.5, 0.6) is 0 Å². The molecule has 9 atom stereocenters. The van der Waals surface area contributed by atoms with Gasteiger partial charge in [-0.25, -0.2) is 0 Å². The molecule has 1 heteroatoms. The zero-order valence-electron chi connectivity index (χ0n) is 8.73. The minimum Gasteiger partial charge on any atom is -0.369 e. The van der Waals surface area contributed by atoms with Crippen LogP contribution in [-0.4, -0.2) is 12.2 Å². The van der Waals surface area contributed by atoms with E-state index in [1.807, 2.05) is 0 Å². The minimum atomic E-state index is 0.743. The van der Waals surface area contributed by atoms with E-state index >= 15 is 0 Å². The summed E-state index contributed by atoms with van der Waals surface area (Å²) in [5.41, 5.74) is 0. The summed E-state index contributed by atoms with van der Waals surface area (Å²) >= 11 is 0. The number of ether oxygens (including phenoxy) is 1. The first-order valence-corrected chi connectivity index (χ1v) is 6.50. The summed E-state index contributed by atoms with van der Waals surface area (Å²) in [6, 6.07) is 0. The molecule has 0 radical (unpaired) electrons. The Morgan fingerprint density at radius 1 is 0.857 bits per heavy atom. The maximum Gasteiger partial charge on any atom is 0.0875 e. The fourth-order valence-electron chi connectivity index (χ4n) is 6.18. The molecule has 0 aromatic heterocycles. The molecule has 1 saturated heterocycles. The van der Waals surface area contributed by atoms with Gasteiger partial charge in [-0.3, -0.25) is 0 Å². The van der Waals surface area contributed by atoms with Crippen molar-refractivity contribution in [3.8, 4) is 0 Å². The summed E-state index contributed by atoms with van der Waals surface area (Å²) < 4.78 is 5.84. The summed E-state index contributed by atoms with van der Waals surface area (Å²) in [5, 5.41) is 0. The second kappa shape index (κ2) is 1.93. The van der Waals surface area contributed by atoms with Gasteiger partial charge in [-0.1, -0.05) is 6.92 Å². The average Bonchev–Trinajstić information content (AvgIpc) is 2.57. The van der Waals surface area contributed by atoms with Gasteiger partial charge in [0.2, 0.25) is 0 Å². The number of hydrogen-bond donors (Lipinski definition) is 0. The molecule has 1 heterocycles. The lowest BCUT2D eigenvalue weighted by Gasteiger charge is -2.35. The predicted molar refractivity (Wildman–Crippen MR) is 52.6 cm³/mol. The Kier molecular flexibility index (Phi) is 1.00. The molecule has 9 unspecified atom stereocenters. The maximum atomic E-state index is 5.84. The molecule has 4 bridgehead atoms. The monoisotopic (exact) mass is 190 g/mol. The molecule has 0 amide bonds. The van der Waals surface area contributed by atoms with E-state index in [-0.39, 0.29) is 0 Å². The number of hydrogen-bond acceptors (Lipinski definition) is 1. The van der Waals surface area contributed by atoms with Crippen molar-refractivity contribution in [3.63, 3.8) is 0 Å². The lowest BCUT2D eigenvalue weighted by molar-refractivity contribution is 0.127. The highest BCUT2D eigenvalue weighted by Gasteiger charge is 2.72. The Balaban J connectivity index is 1.62. The lowest BCUT2D eigenvalue weighted by atomic mass is 9.68. The van der Waals surface area contributed by atoms with Crippen LogP contribution in [0.3, 0.4) is 0 Å². The molecule has 14 heavy (non-hydrogen) atoms. The quantitative estimate of drug-likeness (QED) is 0.422. The molecule has 0 aromatic carbocycles. The fourth-order valence-corrected chi connectivity index (χ4v) is 6.18. The third-order valence-electron chi connectivity index (χ3n) is 6.40. The summed E-state index contributed by atoms with van der Waals surface area (Å²) in [6.07, 6.45) is 6.17. The molecular formula is C13H18O. The van der Waals surface area contributed by atoms with Gasteiger partial charge in [0.05, 0.1) is 12.2 Å². The molecule has 1 nitrogen and oxygen atoms in total. The molecule has 0 aromatic rings. The van der Waals surface area contributed by atoms with Gasteiger partial charge in [0.25, 0.3) is 0 Å². The maximum absolute atomic E-state index is 5.84. The van der Waals surface area contributed by atoms with Gasteiger partial charge in [-0.05, 0) is 60.7 Å². The van der Waals surface area contributed by atoms with Crippen molar-refractivity contribution in [1.82, 2.24) is 0 Å². The molecule has 1 aliphatic heterocycles. The van der Waals surface area contributed by atoms with E-state index in [1.165, 1.54) is 0 Å². The van der Waals surface area contributed by atoms with Crippen molar-refractivity contribution in [1.29, 1.82) is 0 Å². The van der Waals surface area contributed by atoms with Crippen molar-refractivity contribution in [2.24, 2.45) is 41.4 Å². The van der Waals surface area contributed by atoms with E-state index in [2.05, 4.69) is 6.92 Å². The number of epoxide rings is 1. The van der Waals surface area contributed by atoms with Gasteiger partial charge in [-0.2, -0.15) is 0 Å². The van der Waals surface area contributed by atoms with Crippen LogP contribution in [0.15, 0.2) is 0 Å². The van der Waals surface area contributed by atoms with Gasteiger partial charge in [0.1, 0.15) is 0 Å². The van der Waals surface area contributed by atoms with Gasteiger partial charge < -0.3 is 4.74 Å². The molecule has 0 N–H and O–H groups in total. The molecule has 76 valence electrons. The highest BCUT2D eigenvalue weighted by atomic mass is 16.6. The van der Waals surface area contributed by atoms with E-state index in [0.29, 0.717) is 0 Å². The minimum absolute atomic E-state index is 0.743. The lowest BCUT2D eigenvalue weighted by Crippen LogP contribution is -2.34. The van der Waals surface area contributed by atoms with E-state index < -0.39 is 0 Å². The zero-order chi connectivity index (χ0) is 9.02. The van der Waals surface area contributed by atoms with Crippen LogP contribution in [0.2, 0.25) is 0 Å². The highest BCUT2D eigenvalue weighted by molar-refractivity contribution is 5.20. The van der Waals surface area contributed by atoms with Crippen LogP contribution in [-0.2, 0) is 4.74 Å². The van der Waals surface area contributed by atoms with Crippen LogP contribution in [0.4, 0.5) is 0 Å². The summed E-state index contributed by atoms with van der Waals surface area (Å²) in [7, 11) is 0. The first-order valence-electron chi connectivity index (χ1n) is 6.50. The largest absolute Gasteiger partial charge is 0.369 e. The van der Waals surface area contributed by atoms with Crippen LogP contribution < -0.4 is 0 Å².